The van der Waals surface area contributed by atoms with E-state index in [2.05, 4.69) is 58.2 Å². The third-order valence-electron chi connectivity index (χ3n) is 5.10. The molecule has 116 valence electrons. The van der Waals surface area contributed by atoms with Crippen LogP contribution in [0.2, 0.25) is 0 Å². The monoisotopic (exact) mass is 359 g/mol. The lowest BCUT2D eigenvalue weighted by atomic mass is 9.74. The largest absolute Gasteiger partial charge is 0.325 e. The van der Waals surface area contributed by atoms with Crippen molar-refractivity contribution >= 4 is 28.5 Å². The molecule has 0 saturated carbocycles. The van der Waals surface area contributed by atoms with Crippen LogP contribution in [0.4, 0.5) is 11.5 Å². The maximum Gasteiger partial charge on any atom is 0.132 e. The first-order chi connectivity index (χ1) is 10.3. The summed E-state index contributed by atoms with van der Waals surface area (Å²) in [5.41, 5.74) is 3.17. The minimum Gasteiger partial charge on any atom is -0.325 e. The lowest BCUT2D eigenvalue weighted by Gasteiger charge is -2.38. The first-order valence-electron chi connectivity index (χ1n) is 7.75. The van der Waals surface area contributed by atoms with E-state index in [1.165, 1.54) is 37.2 Å². The molecule has 0 N–H and O–H groups in total. The Kier molecular flexibility index (Phi) is 4.24. The fourth-order valence-corrected chi connectivity index (χ4v) is 3.82. The second-order valence-electron chi connectivity index (χ2n) is 6.37. The van der Waals surface area contributed by atoms with E-state index < -0.39 is 0 Å². The number of anilines is 2. The summed E-state index contributed by atoms with van der Waals surface area (Å²) in [5.74, 6) is 1.07. The molecule has 1 aromatic carbocycles. The summed E-state index contributed by atoms with van der Waals surface area (Å²) < 4.78 is 0. The molecule has 0 radical (unpaired) electrons. The highest BCUT2D eigenvalue weighted by Crippen LogP contribution is 2.48. The quantitative estimate of drug-likeness (QED) is 0.772. The van der Waals surface area contributed by atoms with Crippen molar-refractivity contribution in [1.82, 2.24) is 9.88 Å². The zero-order valence-corrected chi connectivity index (χ0v) is 14.6. The molecule has 4 rings (SSSR count). The number of piperidine rings is 1. The van der Waals surface area contributed by atoms with Gasteiger partial charge in [0.2, 0.25) is 0 Å². The second-order valence-corrected chi connectivity index (χ2v) is 6.37. The number of nitrogens with zero attached hydrogens (tertiary/aromatic N) is 3. The van der Waals surface area contributed by atoms with Gasteiger partial charge in [0.05, 0.1) is 0 Å². The average molecular weight is 360 g/mol. The van der Waals surface area contributed by atoms with Gasteiger partial charge in [-0.2, -0.15) is 0 Å². The standard InChI is InChI=1S/C18H21N3.BrH/c1-20-12-9-18(10-13-20)14-21(17-8-4-5-11-19-17)16-7-3-2-6-15(16)18;/h2-8,11H,9-10,12-14H2,1H3;1H. The Labute approximate surface area is 142 Å². The van der Waals surface area contributed by atoms with E-state index in [-0.39, 0.29) is 17.0 Å². The Morgan fingerprint density at radius 1 is 1.00 bits per heavy atom. The molecule has 3 heterocycles. The third kappa shape index (κ3) is 2.44. The maximum atomic E-state index is 4.57. The molecule has 22 heavy (non-hydrogen) atoms. The highest BCUT2D eigenvalue weighted by Gasteiger charge is 2.44. The molecule has 1 fully saturated rings. The molecule has 3 nitrogen and oxygen atoms in total. The minimum atomic E-state index is 0. The van der Waals surface area contributed by atoms with Gasteiger partial charge in [0.15, 0.2) is 0 Å². The van der Waals surface area contributed by atoms with E-state index in [1.54, 1.807) is 0 Å². The molecule has 2 aliphatic rings. The van der Waals surface area contributed by atoms with Crippen LogP contribution in [-0.2, 0) is 5.41 Å². The average Bonchev–Trinajstić information content (AvgIpc) is 2.87. The molecular formula is C18H22BrN3. The van der Waals surface area contributed by atoms with Gasteiger partial charge in [0.25, 0.3) is 0 Å². The van der Waals surface area contributed by atoms with Crippen LogP contribution in [0.3, 0.4) is 0 Å². The number of pyridine rings is 1. The van der Waals surface area contributed by atoms with Gasteiger partial charge in [-0.25, -0.2) is 4.98 Å². The van der Waals surface area contributed by atoms with E-state index in [1.807, 2.05) is 12.3 Å². The van der Waals surface area contributed by atoms with E-state index >= 15 is 0 Å². The molecule has 0 aliphatic carbocycles. The van der Waals surface area contributed by atoms with E-state index in [9.17, 15) is 0 Å². The molecule has 1 saturated heterocycles. The Hall–Kier alpha value is -1.39. The summed E-state index contributed by atoms with van der Waals surface area (Å²) in [6.07, 6.45) is 4.37. The summed E-state index contributed by atoms with van der Waals surface area (Å²) in [7, 11) is 2.23. The van der Waals surface area contributed by atoms with Crippen LogP contribution in [-0.4, -0.2) is 36.6 Å². The van der Waals surface area contributed by atoms with Crippen molar-refractivity contribution in [3.05, 3.63) is 54.2 Å². The van der Waals surface area contributed by atoms with Crippen LogP contribution in [0, 0.1) is 0 Å². The molecule has 2 aromatic rings. The van der Waals surface area contributed by atoms with Gasteiger partial charge >= 0.3 is 0 Å². The van der Waals surface area contributed by atoms with Crippen molar-refractivity contribution in [2.75, 3.05) is 31.6 Å². The van der Waals surface area contributed by atoms with E-state index in [0.29, 0.717) is 5.41 Å². The van der Waals surface area contributed by atoms with Gasteiger partial charge in [-0.05, 0) is 56.7 Å². The number of hydrogen-bond donors (Lipinski definition) is 0. The van der Waals surface area contributed by atoms with Gasteiger partial charge in [-0.3, -0.25) is 0 Å². The fraction of sp³-hybridized carbons (Fsp3) is 0.389. The molecule has 0 unspecified atom stereocenters. The predicted octanol–water partition coefficient (Wildman–Crippen LogP) is 3.77. The van der Waals surface area contributed by atoms with Gasteiger partial charge < -0.3 is 9.80 Å². The van der Waals surface area contributed by atoms with Gasteiger partial charge in [0, 0.05) is 23.8 Å². The molecule has 0 bridgehead atoms. The molecular weight excluding hydrogens is 338 g/mol. The second kappa shape index (κ2) is 6.01. The highest BCUT2D eigenvalue weighted by molar-refractivity contribution is 8.93. The summed E-state index contributed by atoms with van der Waals surface area (Å²) in [6, 6.07) is 15.1. The predicted molar refractivity (Wildman–Crippen MR) is 96.4 cm³/mol. The molecule has 0 amide bonds. The lowest BCUT2D eigenvalue weighted by molar-refractivity contribution is 0.198. The van der Waals surface area contributed by atoms with Crippen LogP contribution in [0.5, 0.6) is 0 Å². The molecule has 1 spiro atoms. The first-order valence-corrected chi connectivity index (χ1v) is 7.75. The number of halogens is 1. The van der Waals surface area contributed by atoms with Gasteiger partial charge in [-0.15, -0.1) is 17.0 Å². The number of aromatic nitrogens is 1. The Balaban J connectivity index is 0.00000144. The van der Waals surface area contributed by atoms with Crippen molar-refractivity contribution < 1.29 is 0 Å². The van der Waals surface area contributed by atoms with Crippen LogP contribution in [0.1, 0.15) is 18.4 Å². The van der Waals surface area contributed by atoms with Gasteiger partial charge in [0.1, 0.15) is 5.82 Å². The van der Waals surface area contributed by atoms with Crippen LogP contribution < -0.4 is 4.90 Å². The van der Waals surface area contributed by atoms with Crippen LogP contribution in [0.25, 0.3) is 0 Å². The third-order valence-corrected chi connectivity index (χ3v) is 5.10. The van der Waals surface area contributed by atoms with Crippen molar-refractivity contribution in [3.8, 4) is 0 Å². The summed E-state index contributed by atoms with van der Waals surface area (Å²) >= 11 is 0. The Morgan fingerprint density at radius 3 is 2.45 bits per heavy atom. The summed E-state index contributed by atoms with van der Waals surface area (Å²) in [6.45, 7) is 3.44. The number of para-hydroxylation sites is 1. The van der Waals surface area contributed by atoms with E-state index in [4.69, 9.17) is 0 Å². The smallest absolute Gasteiger partial charge is 0.132 e. The van der Waals surface area contributed by atoms with Gasteiger partial charge in [-0.1, -0.05) is 24.3 Å². The first kappa shape index (κ1) is 15.5. The molecule has 1 aromatic heterocycles. The molecule has 4 heteroatoms. The van der Waals surface area contributed by atoms with E-state index in [0.717, 1.165) is 12.4 Å². The lowest BCUT2D eigenvalue weighted by Crippen LogP contribution is -2.43. The minimum absolute atomic E-state index is 0. The maximum absolute atomic E-state index is 4.57. The SMILES string of the molecule is Br.CN1CCC2(CC1)CN(c1ccccn1)c1ccccc12. The van der Waals surface area contributed by atoms with Crippen molar-refractivity contribution in [1.29, 1.82) is 0 Å². The highest BCUT2D eigenvalue weighted by atomic mass is 79.9. The fourth-order valence-electron chi connectivity index (χ4n) is 3.82. The number of rotatable bonds is 1. The summed E-state index contributed by atoms with van der Waals surface area (Å²) in [5, 5.41) is 0. The number of benzene rings is 1. The molecule has 2 aliphatic heterocycles. The topological polar surface area (TPSA) is 19.4 Å². The van der Waals surface area contributed by atoms with Crippen molar-refractivity contribution in [2.45, 2.75) is 18.3 Å². The zero-order valence-electron chi connectivity index (χ0n) is 12.9. The number of hydrogen-bond acceptors (Lipinski definition) is 3. The molecule has 0 atom stereocenters. The van der Waals surface area contributed by atoms with Crippen LogP contribution in [0.15, 0.2) is 48.7 Å². The Bertz CT molecular complexity index is 636. The van der Waals surface area contributed by atoms with Crippen molar-refractivity contribution in [3.63, 3.8) is 0 Å². The zero-order chi connectivity index (χ0) is 14.3. The van der Waals surface area contributed by atoms with Crippen LogP contribution >= 0.6 is 17.0 Å². The number of fused-ring (bicyclic) bond motifs is 2. The number of likely N-dealkylation sites (tertiary alicyclic amines) is 1. The Morgan fingerprint density at radius 2 is 1.73 bits per heavy atom. The summed E-state index contributed by atoms with van der Waals surface area (Å²) in [4.78, 5) is 9.41. The van der Waals surface area contributed by atoms with Crippen molar-refractivity contribution in [2.24, 2.45) is 0 Å². The normalized spacial score (nSPS) is 19.8.